The first-order valence-electron chi connectivity index (χ1n) is 4.57. The highest BCUT2D eigenvalue weighted by Gasteiger charge is 2.20. The number of aryl methyl sites for hydroxylation is 1. The van der Waals surface area contributed by atoms with Crippen molar-refractivity contribution in [2.45, 2.75) is 6.92 Å². The lowest BCUT2D eigenvalue weighted by atomic mass is 10.2. The summed E-state index contributed by atoms with van der Waals surface area (Å²) in [6.45, 7) is 1.24. The van der Waals surface area contributed by atoms with Crippen LogP contribution < -0.4 is 4.31 Å². The molecule has 0 aromatic heterocycles. The third-order valence-corrected chi connectivity index (χ3v) is 3.11. The molecule has 6 heteroatoms. The zero-order valence-electron chi connectivity index (χ0n) is 9.04. The normalized spacial score (nSPS) is 11.1. The summed E-state index contributed by atoms with van der Waals surface area (Å²) in [5.74, 6) is -1.19. The van der Waals surface area contributed by atoms with E-state index >= 15 is 0 Å². The fraction of sp³-hybridized carbons (Fsp3) is 0.300. The van der Waals surface area contributed by atoms with Crippen molar-refractivity contribution in [2.75, 3.05) is 17.1 Å². The molecule has 0 aliphatic carbocycles. The summed E-state index contributed by atoms with van der Waals surface area (Å²) in [7, 11) is -3.58. The summed E-state index contributed by atoms with van der Waals surface area (Å²) in [4.78, 5) is 10.6. The predicted octanol–water partition coefficient (Wildman–Crippen LogP) is 0.846. The van der Waals surface area contributed by atoms with Crippen molar-refractivity contribution in [2.24, 2.45) is 0 Å². The first kappa shape index (κ1) is 12.5. The minimum Gasteiger partial charge on any atom is -0.480 e. The minimum atomic E-state index is -3.58. The monoisotopic (exact) mass is 243 g/mol. The molecule has 0 saturated heterocycles. The van der Waals surface area contributed by atoms with Crippen LogP contribution in [-0.2, 0) is 14.8 Å². The third kappa shape index (κ3) is 3.23. The van der Waals surface area contributed by atoms with Crippen LogP contribution in [0.1, 0.15) is 5.56 Å². The maximum absolute atomic E-state index is 11.4. The van der Waals surface area contributed by atoms with Gasteiger partial charge in [0.1, 0.15) is 6.54 Å². The Balaban J connectivity index is 3.16. The van der Waals surface area contributed by atoms with Crippen LogP contribution in [0.5, 0.6) is 0 Å². The van der Waals surface area contributed by atoms with Gasteiger partial charge in [0.05, 0.1) is 11.9 Å². The second-order valence-corrected chi connectivity index (χ2v) is 5.41. The van der Waals surface area contributed by atoms with Crippen molar-refractivity contribution in [3.63, 3.8) is 0 Å². The highest BCUT2D eigenvalue weighted by Crippen LogP contribution is 2.18. The molecule has 0 aliphatic rings. The van der Waals surface area contributed by atoms with E-state index in [4.69, 9.17) is 5.11 Å². The van der Waals surface area contributed by atoms with Gasteiger partial charge in [-0.05, 0) is 24.6 Å². The quantitative estimate of drug-likeness (QED) is 0.850. The Labute approximate surface area is 94.4 Å². The molecule has 1 N–H and O–H groups in total. The number of nitrogens with zero attached hydrogens (tertiary/aromatic N) is 1. The molecule has 0 bridgehead atoms. The Morgan fingerprint density at radius 3 is 2.50 bits per heavy atom. The van der Waals surface area contributed by atoms with Gasteiger partial charge in [-0.2, -0.15) is 0 Å². The van der Waals surface area contributed by atoms with Crippen molar-refractivity contribution in [3.05, 3.63) is 29.8 Å². The van der Waals surface area contributed by atoms with E-state index in [1.165, 1.54) is 0 Å². The number of anilines is 1. The molecule has 0 fully saturated rings. The molecular formula is C10H13NO4S. The molecule has 0 amide bonds. The number of sulfonamides is 1. The second-order valence-electron chi connectivity index (χ2n) is 3.50. The molecule has 16 heavy (non-hydrogen) atoms. The summed E-state index contributed by atoms with van der Waals surface area (Å²) in [6, 6.07) is 6.69. The van der Waals surface area contributed by atoms with Gasteiger partial charge in [0.2, 0.25) is 10.0 Å². The van der Waals surface area contributed by atoms with Crippen LogP contribution in [0, 0.1) is 6.92 Å². The van der Waals surface area contributed by atoms with Gasteiger partial charge in [-0.1, -0.05) is 12.1 Å². The predicted molar refractivity (Wildman–Crippen MR) is 61.0 cm³/mol. The topological polar surface area (TPSA) is 74.7 Å². The van der Waals surface area contributed by atoms with Gasteiger partial charge < -0.3 is 5.11 Å². The number of benzene rings is 1. The highest BCUT2D eigenvalue weighted by molar-refractivity contribution is 7.92. The molecule has 0 radical (unpaired) electrons. The smallest absolute Gasteiger partial charge is 0.324 e. The standard InChI is InChI=1S/C10H13NO4S/c1-8-4-3-5-9(6-8)11(7-10(12)13)16(2,14)15/h3-6H,7H2,1-2H3,(H,12,13). The van der Waals surface area contributed by atoms with Crippen LogP contribution in [0.25, 0.3) is 0 Å². The number of aliphatic carboxylic acids is 1. The van der Waals surface area contributed by atoms with Crippen LogP contribution in [-0.4, -0.2) is 32.3 Å². The Bertz CT molecular complexity index is 495. The molecule has 1 aromatic carbocycles. The fourth-order valence-corrected chi connectivity index (χ4v) is 2.15. The zero-order chi connectivity index (χ0) is 12.3. The number of hydrogen-bond acceptors (Lipinski definition) is 3. The van der Waals surface area contributed by atoms with Gasteiger partial charge >= 0.3 is 5.97 Å². The molecular weight excluding hydrogens is 230 g/mol. The number of carbonyl (C=O) groups is 1. The van der Waals surface area contributed by atoms with Gasteiger partial charge in [-0.15, -0.1) is 0 Å². The zero-order valence-corrected chi connectivity index (χ0v) is 9.86. The lowest BCUT2D eigenvalue weighted by Crippen LogP contribution is -2.34. The van der Waals surface area contributed by atoms with E-state index in [-0.39, 0.29) is 0 Å². The molecule has 0 unspecified atom stereocenters. The van der Waals surface area contributed by atoms with Crippen molar-refractivity contribution in [1.82, 2.24) is 0 Å². The SMILES string of the molecule is Cc1cccc(N(CC(=O)O)S(C)(=O)=O)c1. The average molecular weight is 243 g/mol. The third-order valence-electron chi connectivity index (χ3n) is 1.97. The van der Waals surface area contributed by atoms with Crippen molar-refractivity contribution >= 4 is 21.7 Å². The summed E-state index contributed by atoms with van der Waals surface area (Å²) < 4.78 is 23.7. The Hall–Kier alpha value is -1.56. The lowest BCUT2D eigenvalue weighted by Gasteiger charge is -2.20. The van der Waals surface area contributed by atoms with Gasteiger partial charge in [-0.25, -0.2) is 8.42 Å². The molecule has 0 spiro atoms. The molecule has 88 valence electrons. The van der Waals surface area contributed by atoms with Crippen LogP contribution in [0.3, 0.4) is 0 Å². The van der Waals surface area contributed by atoms with E-state index in [2.05, 4.69) is 0 Å². The van der Waals surface area contributed by atoms with Gasteiger partial charge in [0.25, 0.3) is 0 Å². The summed E-state index contributed by atoms with van der Waals surface area (Å²) in [6.07, 6.45) is 0.984. The Morgan fingerprint density at radius 1 is 1.44 bits per heavy atom. The highest BCUT2D eigenvalue weighted by atomic mass is 32.2. The number of rotatable bonds is 4. The van der Waals surface area contributed by atoms with Crippen LogP contribution >= 0.6 is 0 Å². The van der Waals surface area contributed by atoms with E-state index in [0.29, 0.717) is 5.69 Å². The van der Waals surface area contributed by atoms with Crippen LogP contribution in [0.4, 0.5) is 5.69 Å². The largest absolute Gasteiger partial charge is 0.480 e. The Kier molecular flexibility index (Phi) is 3.54. The molecule has 0 atom stereocenters. The van der Waals surface area contributed by atoms with E-state index in [9.17, 15) is 13.2 Å². The van der Waals surface area contributed by atoms with Crippen LogP contribution in [0.2, 0.25) is 0 Å². The summed E-state index contributed by atoms with van der Waals surface area (Å²) in [5, 5.41) is 8.67. The maximum Gasteiger partial charge on any atom is 0.324 e. The van der Waals surface area contributed by atoms with Gasteiger partial charge in [0, 0.05) is 0 Å². The van der Waals surface area contributed by atoms with E-state index < -0.39 is 22.5 Å². The van der Waals surface area contributed by atoms with Gasteiger partial charge in [0.15, 0.2) is 0 Å². The summed E-state index contributed by atoms with van der Waals surface area (Å²) >= 11 is 0. The molecule has 1 rings (SSSR count). The number of carboxylic acids is 1. The number of hydrogen-bond donors (Lipinski definition) is 1. The first-order valence-corrected chi connectivity index (χ1v) is 6.41. The average Bonchev–Trinajstić information content (AvgIpc) is 2.12. The van der Waals surface area contributed by atoms with Crippen LogP contribution in [0.15, 0.2) is 24.3 Å². The molecule has 5 nitrogen and oxygen atoms in total. The maximum atomic E-state index is 11.4. The summed E-state index contributed by atoms with van der Waals surface area (Å²) in [5.41, 5.74) is 1.24. The first-order chi connectivity index (χ1) is 7.30. The fourth-order valence-electron chi connectivity index (χ4n) is 1.31. The van der Waals surface area contributed by atoms with E-state index in [0.717, 1.165) is 16.1 Å². The van der Waals surface area contributed by atoms with Crippen molar-refractivity contribution < 1.29 is 18.3 Å². The molecule has 0 heterocycles. The lowest BCUT2D eigenvalue weighted by molar-refractivity contribution is -0.135. The number of carboxylic acid groups (broad SMARTS) is 1. The van der Waals surface area contributed by atoms with Crippen molar-refractivity contribution in [1.29, 1.82) is 0 Å². The van der Waals surface area contributed by atoms with E-state index in [1.807, 2.05) is 13.0 Å². The van der Waals surface area contributed by atoms with E-state index in [1.54, 1.807) is 18.2 Å². The second kappa shape index (κ2) is 4.52. The Morgan fingerprint density at radius 2 is 2.06 bits per heavy atom. The molecule has 0 saturated carbocycles. The minimum absolute atomic E-state index is 0.366. The van der Waals surface area contributed by atoms with Crippen molar-refractivity contribution in [3.8, 4) is 0 Å². The molecule has 1 aromatic rings. The van der Waals surface area contributed by atoms with Gasteiger partial charge in [-0.3, -0.25) is 9.10 Å². The molecule has 0 aliphatic heterocycles.